The fourth-order valence-electron chi connectivity index (χ4n) is 2.04. The van der Waals surface area contributed by atoms with Crippen molar-refractivity contribution < 1.29 is 4.79 Å². The van der Waals surface area contributed by atoms with Crippen molar-refractivity contribution in [2.75, 3.05) is 5.32 Å². The molecule has 0 aliphatic rings. The number of nitrogens with zero attached hydrogens (tertiary/aromatic N) is 3. The Morgan fingerprint density at radius 1 is 1.21 bits per heavy atom. The van der Waals surface area contributed by atoms with Crippen LogP contribution < -0.4 is 5.32 Å². The van der Waals surface area contributed by atoms with Gasteiger partial charge in [0.1, 0.15) is 11.5 Å². The van der Waals surface area contributed by atoms with E-state index in [0.29, 0.717) is 5.69 Å². The van der Waals surface area contributed by atoms with Gasteiger partial charge in [-0.1, -0.05) is 0 Å². The van der Waals surface area contributed by atoms with Crippen LogP contribution in [0.25, 0.3) is 0 Å². The second-order valence-electron chi connectivity index (χ2n) is 5.10. The van der Waals surface area contributed by atoms with Gasteiger partial charge < -0.3 is 9.88 Å². The molecule has 0 aliphatic carbocycles. The largest absolute Gasteiger partial charge is 0.341 e. The molecular formula is C14H20N4O. The lowest BCUT2D eigenvalue weighted by Gasteiger charge is -2.14. The minimum atomic E-state index is -0.110. The van der Waals surface area contributed by atoms with Gasteiger partial charge in [0.05, 0.1) is 6.20 Å². The van der Waals surface area contributed by atoms with Crippen molar-refractivity contribution in [3.05, 3.63) is 36.3 Å². The predicted octanol–water partition coefficient (Wildman–Crippen LogP) is 3.10. The molecule has 1 amide bonds. The molecule has 2 heterocycles. The zero-order chi connectivity index (χ0) is 14.0. The van der Waals surface area contributed by atoms with E-state index in [1.54, 1.807) is 16.9 Å². The summed E-state index contributed by atoms with van der Waals surface area (Å²) in [6.45, 7) is 8.16. The summed E-state index contributed by atoms with van der Waals surface area (Å²) in [4.78, 5) is 12.3. The summed E-state index contributed by atoms with van der Waals surface area (Å²) in [5.41, 5.74) is 0.659. The smallest absolute Gasteiger partial charge is 0.273 e. The van der Waals surface area contributed by atoms with Gasteiger partial charge in [-0.25, -0.2) is 4.68 Å². The van der Waals surface area contributed by atoms with Gasteiger partial charge in [0.15, 0.2) is 0 Å². The Morgan fingerprint density at radius 3 is 2.58 bits per heavy atom. The van der Waals surface area contributed by atoms with Crippen molar-refractivity contribution in [3.8, 4) is 0 Å². The molecule has 0 atom stereocenters. The number of hydrogen-bond donors (Lipinski definition) is 1. The first-order valence-electron chi connectivity index (χ1n) is 6.52. The van der Waals surface area contributed by atoms with Crippen LogP contribution >= 0.6 is 0 Å². The van der Waals surface area contributed by atoms with E-state index in [-0.39, 0.29) is 18.0 Å². The zero-order valence-electron chi connectivity index (χ0n) is 11.8. The molecule has 5 heteroatoms. The SMILES string of the molecule is CC(C)n1cccc1C(=O)Nc1ccnn1C(C)C. The molecule has 0 unspecified atom stereocenters. The van der Waals surface area contributed by atoms with Crippen molar-refractivity contribution in [2.45, 2.75) is 39.8 Å². The predicted molar refractivity (Wildman–Crippen MR) is 75.4 cm³/mol. The van der Waals surface area contributed by atoms with Gasteiger partial charge in [0, 0.05) is 24.3 Å². The highest BCUT2D eigenvalue weighted by molar-refractivity contribution is 6.02. The standard InChI is InChI=1S/C14H20N4O/c1-10(2)17-9-5-6-12(17)14(19)16-13-7-8-15-18(13)11(3)4/h5-11H,1-4H3,(H,16,19). The summed E-state index contributed by atoms with van der Waals surface area (Å²) in [6.07, 6.45) is 3.61. The first-order valence-corrected chi connectivity index (χ1v) is 6.52. The van der Waals surface area contributed by atoms with Crippen molar-refractivity contribution in [2.24, 2.45) is 0 Å². The maximum Gasteiger partial charge on any atom is 0.273 e. The minimum absolute atomic E-state index is 0.110. The van der Waals surface area contributed by atoms with Gasteiger partial charge in [-0.2, -0.15) is 5.10 Å². The molecule has 0 aromatic carbocycles. The first-order chi connectivity index (χ1) is 9.00. The van der Waals surface area contributed by atoms with E-state index in [9.17, 15) is 4.79 Å². The highest BCUT2D eigenvalue weighted by Crippen LogP contribution is 2.16. The van der Waals surface area contributed by atoms with Crippen LogP contribution in [-0.4, -0.2) is 20.3 Å². The summed E-state index contributed by atoms with van der Waals surface area (Å²) in [5.74, 6) is 0.609. The van der Waals surface area contributed by atoms with E-state index in [1.807, 2.05) is 36.7 Å². The summed E-state index contributed by atoms with van der Waals surface area (Å²) in [6, 6.07) is 5.98. The molecule has 19 heavy (non-hydrogen) atoms. The van der Waals surface area contributed by atoms with Crippen LogP contribution in [0.1, 0.15) is 50.3 Å². The molecule has 0 radical (unpaired) electrons. The molecule has 0 fully saturated rings. The van der Waals surface area contributed by atoms with E-state index >= 15 is 0 Å². The average Bonchev–Trinajstić information content (AvgIpc) is 2.96. The molecular weight excluding hydrogens is 240 g/mol. The van der Waals surface area contributed by atoms with Crippen molar-refractivity contribution in [3.63, 3.8) is 0 Å². The summed E-state index contributed by atoms with van der Waals surface area (Å²) in [5, 5.41) is 7.11. The van der Waals surface area contributed by atoms with E-state index in [2.05, 4.69) is 24.3 Å². The van der Waals surface area contributed by atoms with Crippen LogP contribution in [0.4, 0.5) is 5.82 Å². The highest BCUT2D eigenvalue weighted by atomic mass is 16.2. The molecule has 0 aliphatic heterocycles. The molecule has 1 N–H and O–H groups in total. The van der Waals surface area contributed by atoms with Gasteiger partial charge in [0.2, 0.25) is 0 Å². The number of anilines is 1. The second-order valence-corrected chi connectivity index (χ2v) is 5.10. The third kappa shape index (κ3) is 2.70. The Kier molecular flexibility index (Phi) is 3.74. The number of aromatic nitrogens is 3. The van der Waals surface area contributed by atoms with Crippen molar-refractivity contribution >= 4 is 11.7 Å². The molecule has 102 valence electrons. The molecule has 0 spiro atoms. The average molecular weight is 260 g/mol. The van der Waals surface area contributed by atoms with Gasteiger partial charge in [-0.15, -0.1) is 0 Å². The maximum atomic E-state index is 12.3. The van der Waals surface area contributed by atoms with E-state index in [0.717, 1.165) is 5.82 Å². The monoisotopic (exact) mass is 260 g/mol. The summed E-state index contributed by atoms with van der Waals surface area (Å²) >= 11 is 0. The maximum absolute atomic E-state index is 12.3. The topological polar surface area (TPSA) is 51.9 Å². The second kappa shape index (κ2) is 5.30. The molecule has 5 nitrogen and oxygen atoms in total. The van der Waals surface area contributed by atoms with Crippen LogP contribution in [0, 0.1) is 0 Å². The lowest BCUT2D eigenvalue weighted by atomic mass is 10.3. The molecule has 2 rings (SSSR count). The van der Waals surface area contributed by atoms with E-state index in [4.69, 9.17) is 0 Å². The molecule has 2 aromatic rings. The molecule has 0 saturated heterocycles. The van der Waals surface area contributed by atoms with Crippen LogP contribution in [0.3, 0.4) is 0 Å². The minimum Gasteiger partial charge on any atom is -0.341 e. The van der Waals surface area contributed by atoms with Gasteiger partial charge in [0.25, 0.3) is 5.91 Å². The Bertz CT molecular complexity index is 566. The number of carbonyl (C=O) groups is 1. The molecule has 0 bridgehead atoms. The summed E-state index contributed by atoms with van der Waals surface area (Å²) < 4.78 is 3.74. The van der Waals surface area contributed by atoms with Crippen LogP contribution in [-0.2, 0) is 0 Å². The quantitative estimate of drug-likeness (QED) is 0.918. The van der Waals surface area contributed by atoms with Gasteiger partial charge in [-0.05, 0) is 39.8 Å². The number of hydrogen-bond acceptors (Lipinski definition) is 2. The first kappa shape index (κ1) is 13.4. The number of rotatable bonds is 4. The van der Waals surface area contributed by atoms with Crippen LogP contribution in [0.5, 0.6) is 0 Å². The zero-order valence-corrected chi connectivity index (χ0v) is 11.8. The highest BCUT2D eigenvalue weighted by Gasteiger charge is 2.15. The Morgan fingerprint density at radius 2 is 1.95 bits per heavy atom. The Balaban J connectivity index is 2.21. The Labute approximate surface area is 113 Å². The van der Waals surface area contributed by atoms with Crippen LogP contribution in [0.15, 0.2) is 30.6 Å². The molecule has 2 aromatic heterocycles. The van der Waals surface area contributed by atoms with Crippen molar-refractivity contribution in [1.82, 2.24) is 14.3 Å². The lowest BCUT2D eigenvalue weighted by molar-refractivity contribution is 0.101. The fraction of sp³-hybridized carbons (Fsp3) is 0.429. The molecule has 0 saturated carbocycles. The third-order valence-corrected chi connectivity index (χ3v) is 2.97. The van der Waals surface area contributed by atoms with Gasteiger partial charge in [-0.3, -0.25) is 4.79 Å². The Hall–Kier alpha value is -2.04. The van der Waals surface area contributed by atoms with E-state index < -0.39 is 0 Å². The van der Waals surface area contributed by atoms with Gasteiger partial charge >= 0.3 is 0 Å². The summed E-state index contributed by atoms with van der Waals surface area (Å²) in [7, 11) is 0. The third-order valence-electron chi connectivity index (χ3n) is 2.97. The van der Waals surface area contributed by atoms with E-state index in [1.165, 1.54) is 0 Å². The normalized spacial score (nSPS) is 11.3. The van der Waals surface area contributed by atoms with Crippen LogP contribution in [0.2, 0.25) is 0 Å². The number of nitrogens with one attached hydrogen (secondary N) is 1. The number of carbonyl (C=O) groups excluding carboxylic acids is 1. The number of amides is 1. The lowest BCUT2D eigenvalue weighted by Crippen LogP contribution is -2.20. The fourth-order valence-corrected chi connectivity index (χ4v) is 2.04. The van der Waals surface area contributed by atoms with Crippen molar-refractivity contribution in [1.29, 1.82) is 0 Å².